The van der Waals surface area contributed by atoms with Gasteiger partial charge in [-0.3, -0.25) is 33.6 Å². The van der Waals surface area contributed by atoms with Gasteiger partial charge < -0.3 is 56.1 Å². The van der Waals surface area contributed by atoms with E-state index in [1.165, 1.54) is 28.0 Å². The number of methoxy groups -OCH3 is 1. The quantitative estimate of drug-likeness (QED) is 0.140. The third-order valence-corrected chi connectivity index (χ3v) is 11.4. The average molecular weight is 844 g/mol. The molecular formula is C41H61N7O12. The summed E-state index contributed by atoms with van der Waals surface area (Å²) in [6.07, 6.45) is -4.14. The summed E-state index contributed by atoms with van der Waals surface area (Å²) in [5, 5.41) is 35.4. The maximum atomic E-state index is 14.5. The minimum atomic E-state index is -1.72. The zero-order valence-electron chi connectivity index (χ0n) is 35.6. The van der Waals surface area contributed by atoms with Gasteiger partial charge in [-0.1, -0.05) is 46.2 Å². The standard InChI is InChI=1S/C41H61N7O12/c1-9-21(4)32-41(58)60-23(6)33(46-35(52)26-14-16-30(50)42-26)38(55)44-28(18-20(2)3)36(53)43-27-15-17-31(51)48(39(27)56)34(22(5)49)40(57)47(7)29(37(54)45-32)19-24-10-12-25(59-8)13-11-24/h10-13,20-23,26-29,31-34,49,51H,9,14-19H2,1-8H3,(H,42,50)(H,43,53)(H,44,55)(H,45,54)(H,46,52)/t21-,22-,23+,26+,27-,28-,29-,31+,32-,33-,34-/m0/s1. The van der Waals surface area contributed by atoms with E-state index in [4.69, 9.17) is 9.47 Å². The number of cyclic esters (lactones) is 1. The zero-order chi connectivity index (χ0) is 44.6. The van der Waals surface area contributed by atoms with E-state index in [-0.39, 0.29) is 50.4 Å². The molecule has 60 heavy (non-hydrogen) atoms. The smallest absolute Gasteiger partial charge is 0.329 e. The van der Waals surface area contributed by atoms with Crippen LogP contribution in [0.1, 0.15) is 85.6 Å². The topological polar surface area (TPSA) is 262 Å². The van der Waals surface area contributed by atoms with Crippen molar-refractivity contribution in [3.8, 4) is 5.75 Å². The van der Waals surface area contributed by atoms with E-state index in [1.54, 1.807) is 52.0 Å². The Labute approximate surface area is 350 Å². The molecule has 19 nitrogen and oxygen atoms in total. The van der Waals surface area contributed by atoms with Crippen LogP contribution in [0, 0.1) is 11.8 Å². The van der Waals surface area contributed by atoms with Crippen molar-refractivity contribution in [2.45, 2.75) is 147 Å². The summed E-state index contributed by atoms with van der Waals surface area (Å²) >= 11 is 0. The molecule has 0 unspecified atom stereocenters. The number of hydrogen-bond donors (Lipinski definition) is 7. The van der Waals surface area contributed by atoms with E-state index in [1.807, 2.05) is 0 Å². The number of benzene rings is 1. The van der Waals surface area contributed by atoms with Crippen molar-refractivity contribution in [1.82, 2.24) is 36.4 Å². The molecule has 3 aliphatic rings. The van der Waals surface area contributed by atoms with Gasteiger partial charge in [0.2, 0.25) is 41.4 Å². The highest BCUT2D eigenvalue weighted by Gasteiger charge is 2.47. The van der Waals surface area contributed by atoms with Gasteiger partial charge in [0.25, 0.3) is 0 Å². The number of ether oxygens (including phenoxy) is 2. The van der Waals surface area contributed by atoms with E-state index in [2.05, 4.69) is 26.6 Å². The van der Waals surface area contributed by atoms with Crippen molar-refractivity contribution in [2.75, 3.05) is 14.2 Å². The molecule has 0 radical (unpaired) electrons. The van der Waals surface area contributed by atoms with Gasteiger partial charge in [0.1, 0.15) is 60.4 Å². The first-order chi connectivity index (χ1) is 28.3. The fourth-order valence-corrected chi connectivity index (χ4v) is 7.61. The molecule has 3 aliphatic heterocycles. The van der Waals surface area contributed by atoms with Crippen LogP contribution in [0.5, 0.6) is 5.75 Å². The number of hydrogen-bond acceptors (Lipinski definition) is 12. The Morgan fingerprint density at radius 2 is 1.58 bits per heavy atom. The van der Waals surface area contributed by atoms with Crippen molar-refractivity contribution >= 4 is 47.3 Å². The first-order valence-corrected chi connectivity index (χ1v) is 20.6. The number of carbonyl (C=O) groups is 8. The van der Waals surface area contributed by atoms with Gasteiger partial charge in [-0.05, 0) is 69.1 Å². The van der Waals surface area contributed by atoms with Gasteiger partial charge in [0.05, 0.1) is 13.2 Å². The maximum absolute atomic E-state index is 14.5. The normalized spacial score (nSPS) is 29.9. The fraction of sp³-hybridized carbons (Fsp3) is 0.659. The molecule has 0 aliphatic carbocycles. The number of nitrogens with zero attached hydrogens (tertiary/aromatic N) is 2. The van der Waals surface area contributed by atoms with Crippen molar-refractivity contribution in [2.24, 2.45) is 11.8 Å². The third kappa shape index (κ3) is 11.5. The van der Waals surface area contributed by atoms with Crippen LogP contribution >= 0.6 is 0 Å². The van der Waals surface area contributed by atoms with Crippen molar-refractivity contribution in [3.05, 3.63) is 29.8 Å². The molecular weight excluding hydrogens is 782 g/mol. The van der Waals surface area contributed by atoms with E-state index < -0.39 is 108 Å². The Bertz CT molecular complexity index is 1760. The van der Waals surface area contributed by atoms with Crippen LogP contribution in [0.4, 0.5) is 0 Å². The number of aliphatic hydroxyl groups is 2. The van der Waals surface area contributed by atoms with Crippen LogP contribution in [-0.4, -0.2) is 142 Å². The number of nitrogens with one attached hydrogen (secondary N) is 5. The summed E-state index contributed by atoms with van der Waals surface area (Å²) < 4.78 is 11.1. The number of aliphatic hydroxyl groups excluding tert-OH is 2. The van der Waals surface area contributed by atoms with Crippen LogP contribution in [0.25, 0.3) is 0 Å². The molecule has 0 spiro atoms. The lowest BCUT2D eigenvalue weighted by molar-refractivity contribution is -0.170. The second-order valence-corrected chi connectivity index (χ2v) is 16.4. The Balaban J connectivity index is 1.84. The highest BCUT2D eigenvalue weighted by Crippen LogP contribution is 2.25. The number of rotatable bonds is 10. The van der Waals surface area contributed by atoms with Crippen LogP contribution in [0.3, 0.4) is 0 Å². The van der Waals surface area contributed by atoms with Gasteiger partial charge in [-0.2, -0.15) is 0 Å². The lowest BCUT2D eigenvalue weighted by atomic mass is 9.95. The highest BCUT2D eigenvalue weighted by molar-refractivity contribution is 5.98. The summed E-state index contributed by atoms with van der Waals surface area (Å²) in [6.45, 7) is 9.68. The second-order valence-electron chi connectivity index (χ2n) is 16.4. The molecule has 0 aromatic heterocycles. The molecule has 4 rings (SSSR count). The molecule has 3 heterocycles. The lowest BCUT2D eigenvalue weighted by Gasteiger charge is -2.43. The van der Waals surface area contributed by atoms with Gasteiger partial charge >= 0.3 is 5.97 Å². The van der Waals surface area contributed by atoms with Crippen LogP contribution in [0.2, 0.25) is 0 Å². The maximum Gasteiger partial charge on any atom is 0.329 e. The van der Waals surface area contributed by atoms with Gasteiger partial charge in [0.15, 0.2) is 0 Å². The molecule has 0 saturated carbocycles. The third-order valence-electron chi connectivity index (χ3n) is 11.4. The molecule has 19 heteroatoms. The monoisotopic (exact) mass is 843 g/mol. The molecule has 1 aromatic carbocycles. The largest absolute Gasteiger partial charge is 0.497 e. The molecule has 3 saturated heterocycles. The van der Waals surface area contributed by atoms with E-state index in [0.29, 0.717) is 17.7 Å². The van der Waals surface area contributed by atoms with Gasteiger partial charge in [0, 0.05) is 19.9 Å². The molecule has 7 N–H and O–H groups in total. The minimum absolute atomic E-state index is 0.0561. The fourth-order valence-electron chi connectivity index (χ4n) is 7.61. The average Bonchev–Trinajstić information content (AvgIpc) is 3.64. The minimum Gasteiger partial charge on any atom is -0.497 e. The summed E-state index contributed by atoms with van der Waals surface area (Å²) in [5.74, 6) is -6.56. The second kappa shape index (κ2) is 20.8. The number of carbonyl (C=O) groups excluding carboxylic acids is 8. The predicted molar refractivity (Wildman–Crippen MR) is 214 cm³/mol. The summed E-state index contributed by atoms with van der Waals surface area (Å²) in [6, 6.07) is -2.91. The Kier molecular flexibility index (Phi) is 16.4. The van der Waals surface area contributed by atoms with Crippen LogP contribution in [0.15, 0.2) is 24.3 Å². The first kappa shape index (κ1) is 47.4. The molecule has 7 amide bonds. The number of fused-ring (bicyclic) bond motifs is 2. The number of amides is 7. The van der Waals surface area contributed by atoms with Crippen LogP contribution in [-0.2, 0) is 49.5 Å². The Morgan fingerprint density at radius 3 is 2.15 bits per heavy atom. The predicted octanol–water partition coefficient (Wildman–Crippen LogP) is -0.990. The first-order valence-electron chi connectivity index (χ1n) is 20.6. The van der Waals surface area contributed by atoms with Crippen molar-refractivity contribution in [3.63, 3.8) is 0 Å². The Morgan fingerprint density at radius 1 is 0.917 bits per heavy atom. The van der Waals surface area contributed by atoms with Crippen molar-refractivity contribution in [1.29, 1.82) is 0 Å². The number of piperidine rings is 1. The van der Waals surface area contributed by atoms with E-state index >= 15 is 0 Å². The van der Waals surface area contributed by atoms with Gasteiger partial charge in [-0.25, -0.2) is 4.79 Å². The molecule has 2 bridgehead atoms. The lowest BCUT2D eigenvalue weighted by Crippen LogP contribution is -2.67. The zero-order valence-corrected chi connectivity index (χ0v) is 35.6. The van der Waals surface area contributed by atoms with E-state index in [9.17, 15) is 48.6 Å². The summed E-state index contributed by atoms with van der Waals surface area (Å²) in [7, 11) is 2.79. The summed E-state index contributed by atoms with van der Waals surface area (Å²) in [5.41, 5.74) is 0.578. The molecule has 3 fully saturated rings. The van der Waals surface area contributed by atoms with Crippen molar-refractivity contribution < 1.29 is 58.0 Å². The molecule has 1 aromatic rings. The van der Waals surface area contributed by atoms with Crippen LogP contribution < -0.4 is 31.3 Å². The summed E-state index contributed by atoms with van der Waals surface area (Å²) in [4.78, 5) is 113. The van der Waals surface area contributed by atoms with E-state index in [0.717, 1.165) is 9.80 Å². The number of esters is 1. The van der Waals surface area contributed by atoms with Gasteiger partial charge in [-0.15, -0.1) is 0 Å². The molecule has 11 atom stereocenters. The highest BCUT2D eigenvalue weighted by atomic mass is 16.5. The molecule has 332 valence electrons. The Hall–Kier alpha value is -5.30. The SMILES string of the molecule is CC[C@H](C)[C@@H]1NC(=O)[C@H](Cc2ccc(OC)cc2)N(C)C(=O)[C@H]([C@H](C)O)N2C(=O)[C@H](CC[C@H]2O)NC(=O)[C@H](CC(C)C)NC(=O)[C@@H](NC(=O)[C@H]2CCC(=O)N2)[C@@H](C)OC1=O. The number of likely N-dealkylation sites (N-methyl/N-ethyl adjacent to an activating group) is 1.